The van der Waals surface area contributed by atoms with Gasteiger partial charge in [-0.05, 0) is 59.7 Å². The molecule has 4 aromatic rings. The summed E-state index contributed by atoms with van der Waals surface area (Å²) in [6, 6.07) is 19.4. The van der Waals surface area contributed by atoms with Crippen LogP contribution in [-0.4, -0.2) is 34.6 Å². The predicted molar refractivity (Wildman–Crippen MR) is 133 cm³/mol. The van der Waals surface area contributed by atoms with Crippen LogP contribution in [0.2, 0.25) is 0 Å². The van der Waals surface area contributed by atoms with E-state index in [1.165, 1.54) is 38.5 Å². The minimum absolute atomic E-state index is 0.120. The van der Waals surface area contributed by atoms with Gasteiger partial charge in [-0.1, -0.05) is 24.3 Å². The Morgan fingerprint density at radius 1 is 0.500 bits per heavy atom. The molecule has 0 aliphatic rings. The van der Waals surface area contributed by atoms with Crippen molar-refractivity contribution in [2.24, 2.45) is 20.5 Å². The molecule has 0 bridgehead atoms. The molecule has 0 saturated carbocycles. The van der Waals surface area contributed by atoms with E-state index in [-0.39, 0.29) is 34.4 Å². The second-order valence-electron chi connectivity index (χ2n) is 7.46. The number of nitrogens with zero attached hydrogens (tertiary/aromatic N) is 4. The van der Waals surface area contributed by atoms with E-state index >= 15 is 0 Å². The number of aromatic hydroxyl groups is 4. The maximum atomic E-state index is 9.91. The lowest BCUT2D eigenvalue weighted by molar-refractivity contribution is 0.404. The van der Waals surface area contributed by atoms with E-state index in [9.17, 15) is 20.4 Å². The monoisotopic (exact) mass is 486 g/mol. The number of phenolic OH excluding ortho intramolecular Hbond substituents is 4. The first kappa shape index (κ1) is 24.0. The first-order valence-corrected chi connectivity index (χ1v) is 10.6. The summed E-state index contributed by atoms with van der Waals surface area (Å²) < 4.78 is 10.9. The van der Waals surface area contributed by atoms with E-state index in [1.54, 1.807) is 36.4 Å². The van der Waals surface area contributed by atoms with Crippen molar-refractivity contribution in [1.82, 2.24) is 0 Å². The minimum Gasteiger partial charge on any atom is -0.504 e. The van der Waals surface area contributed by atoms with Crippen LogP contribution >= 0.6 is 0 Å². The molecular formula is C26H22N4O6. The molecule has 10 nitrogen and oxygen atoms in total. The van der Waals surface area contributed by atoms with Crippen LogP contribution in [0.4, 0.5) is 22.7 Å². The molecule has 4 rings (SSSR count). The zero-order valence-electron chi connectivity index (χ0n) is 19.3. The molecule has 0 fully saturated rings. The van der Waals surface area contributed by atoms with Crippen LogP contribution in [0.5, 0.6) is 34.5 Å². The van der Waals surface area contributed by atoms with Crippen LogP contribution < -0.4 is 9.47 Å². The molecular weight excluding hydrogens is 464 g/mol. The summed E-state index contributed by atoms with van der Waals surface area (Å²) in [5.74, 6) is -0.411. The van der Waals surface area contributed by atoms with Gasteiger partial charge in [0, 0.05) is 0 Å². The second-order valence-corrected chi connectivity index (χ2v) is 7.46. The fraction of sp³-hybridized carbons (Fsp3) is 0.0769. The van der Waals surface area contributed by atoms with Crippen LogP contribution in [0.1, 0.15) is 0 Å². The van der Waals surface area contributed by atoms with Crippen molar-refractivity contribution in [3.05, 3.63) is 72.8 Å². The molecule has 4 aromatic carbocycles. The van der Waals surface area contributed by atoms with E-state index in [0.29, 0.717) is 22.9 Å². The fourth-order valence-corrected chi connectivity index (χ4v) is 3.30. The van der Waals surface area contributed by atoms with Gasteiger partial charge in [-0.25, -0.2) is 0 Å². The van der Waals surface area contributed by atoms with Gasteiger partial charge in [-0.15, -0.1) is 20.5 Å². The van der Waals surface area contributed by atoms with Crippen molar-refractivity contribution in [3.63, 3.8) is 0 Å². The van der Waals surface area contributed by atoms with E-state index in [1.807, 2.05) is 12.1 Å². The fourth-order valence-electron chi connectivity index (χ4n) is 3.30. The summed E-state index contributed by atoms with van der Waals surface area (Å²) in [6.45, 7) is 0. The minimum atomic E-state index is -0.361. The van der Waals surface area contributed by atoms with Gasteiger partial charge in [0.25, 0.3) is 0 Å². The van der Waals surface area contributed by atoms with Crippen LogP contribution in [0.15, 0.2) is 93.3 Å². The maximum Gasteiger partial charge on any atom is 0.185 e. The Bertz CT molecular complexity index is 1360. The number of phenols is 4. The van der Waals surface area contributed by atoms with Gasteiger partial charge < -0.3 is 29.9 Å². The summed E-state index contributed by atoms with van der Waals surface area (Å²) >= 11 is 0. The number of azo groups is 2. The topological polar surface area (TPSA) is 149 Å². The highest BCUT2D eigenvalue weighted by Gasteiger charge is 2.11. The lowest BCUT2D eigenvalue weighted by Gasteiger charge is -2.10. The summed E-state index contributed by atoms with van der Waals surface area (Å²) in [5.41, 5.74) is 2.70. The molecule has 10 heteroatoms. The molecule has 0 radical (unpaired) electrons. The summed E-state index contributed by atoms with van der Waals surface area (Å²) in [7, 11) is 3.01. The molecule has 0 unspecified atom stereocenters. The van der Waals surface area contributed by atoms with Gasteiger partial charge in [0.15, 0.2) is 23.0 Å². The van der Waals surface area contributed by atoms with Crippen molar-refractivity contribution in [2.75, 3.05) is 14.2 Å². The highest BCUT2D eigenvalue weighted by atomic mass is 16.5. The summed E-state index contributed by atoms with van der Waals surface area (Å²) in [4.78, 5) is 0. The largest absolute Gasteiger partial charge is 0.504 e. The van der Waals surface area contributed by atoms with Crippen molar-refractivity contribution in [2.45, 2.75) is 0 Å². The number of hydrogen-bond acceptors (Lipinski definition) is 10. The quantitative estimate of drug-likeness (QED) is 0.163. The molecule has 4 N–H and O–H groups in total. The Kier molecular flexibility index (Phi) is 6.96. The molecule has 0 spiro atoms. The third-order valence-electron chi connectivity index (χ3n) is 5.21. The first-order chi connectivity index (χ1) is 17.4. The molecule has 0 amide bonds. The van der Waals surface area contributed by atoms with Gasteiger partial charge in [0.1, 0.15) is 34.2 Å². The van der Waals surface area contributed by atoms with Gasteiger partial charge in [-0.2, -0.15) is 0 Å². The Hall–Kier alpha value is -5.12. The Balaban J connectivity index is 1.62. The van der Waals surface area contributed by atoms with Gasteiger partial charge in [-0.3, -0.25) is 0 Å². The third kappa shape index (κ3) is 5.02. The highest BCUT2D eigenvalue weighted by molar-refractivity contribution is 5.73. The number of hydrogen-bond donors (Lipinski definition) is 4. The van der Waals surface area contributed by atoms with Crippen molar-refractivity contribution < 1.29 is 29.9 Å². The van der Waals surface area contributed by atoms with Crippen LogP contribution in [0.25, 0.3) is 11.1 Å². The first-order valence-electron chi connectivity index (χ1n) is 10.6. The van der Waals surface area contributed by atoms with Gasteiger partial charge >= 0.3 is 0 Å². The number of ether oxygens (including phenoxy) is 2. The average Bonchev–Trinajstić information content (AvgIpc) is 2.90. The number of rotatable bonds is 7. The average molecular weight is 486 g/mol. The molecule has 36 heavy (non-hydrogen) atoms. The second kappa shape index (κ2) is 10.4. The van der Waals surface area contributed by atoms with Crippen LogP contribution in [0, 0.1) is 0 Å². The predicted octanol–water partition coefficient (Wildman–Crippen LogP) is 7.02. The number of para-hydroxylation sites is 2. The maximum absolute atomic E-state index is 9.91. The standard InChI is InChI=1S/C26H22N4O6/c1-35-23-13-15(9-11-17(23)27-29-19-5-3-7-21(31)25(19)33)16-10-12-18(24(14-16)36-2)28-30-20-6-4-8-22(32)26(20)34/h3-14,31-34H,1-2H3. The van der Waals surface area contributed by atoms with E-state index in [2.05, 4.69) is 20.5 Å². The summed E-state index contributed by atoms with van der Waals surface area (Å²) in [6.07, 6.45) is 0. The van der Waals surface area contributed by atoms with Crippen molar-refractivity contribution >= 4 is 22.7 Å². The Morgan fingerprint density at radius 3 is 1.28 bits per heavy atom. The van der Waals surface area contributed by atoms with Crippen molar-refractivity contribution in [3.8, 4) is 45.6 Å². The van der Waals surface area contributed by atoms with Crippen LogP contribution in [0.3, 0.4) is 0 Å². The third-order valence-corrected chi connectivity index (χ3v) is 5.21. The highest BCUT2D eigenvalue weighted by Crippen LogP contribution is 2.40. The molecule has 182 valence electrons. The van der Waals surface area contributed by atoms with E-state index in [0.717, 1.165) is 11.1 Å². The normalized spacial score (nSPS) is 11.3. The molecule has 0 aliphatic heterocycles. The Labute approximate surface area is 206 Å². The molecule has 0 aliphatic carbocycles. The van der Waals surface area contributed by atoms with E-state index < -0.39 is 0 Å². The Morgan fingerprint density at radius 2 is 0.889 bits per heavy atom. The van der Waals surface area contributed by atoms with Crippen molar-refractivity contribution in [1.29, 1.82) is 0 Å². The molecule has 0 saturated heterocycles. The van der Waals surface area contributed by atoms with Gasteiger partial charge in [0.2, 0.25) is 0 Å². The molecule has 0 aromatic heterocycles. The molecule has 0 atom stereocenters. The van der Waals surface area contributed by atoms with E-state index in [4.69, 9.17) is 9.47 Å². The van der Waals surface area contributed by atoms with Crippen LogP contribution in [-0.2, 0) is 0 Å². The number of methoxy groups -OCH3 is 2. The lowest BCUT2D eigenvalue weighted by atomic mass is 10.0. The smallest absolute Gasteiger partial charge is 0.185 e. The SMILES string of the molecule is COc1cc(-c2ccc(N=Nc3cccc(O)c3O)c(OC)c2)ccc1N=Nc1cccc(O)c1O. The molecule has 0 heterocycles. The lowest BCUT2D eigenvalue weighted by Crippen LogP contribution is -1.87. The van der Waals surface area contributed by atoms with Gasteiger partial charge in [0.05, 0.1) is 14.2 Å². The summed E-state index contributed by atoms with van der Waals surface area (Å²) in [5, 5.41) is 55.3. The zero-order chi connectivity index (χ0) is 25.7. The number of benzene rings is 4. The zero-order valence-corrected chi connectivity index (χ0v) is 19.3.